The van der Waals surface area contributed by atoms with Crippen LogP contribution in [0.4, 0.5) is 29.2 Å². The van der Waals surface area contributed by atoms with Crippen molar-refractivity contribution in [3.63, 3.8) is 0 Å². The Bertz CT molecular complexity index is 3950. The third-order valence-corrected chi connectivity index (χ3v) is 17.3. The first kappa shape index (κ1) is 61.2. The number of sulfone groups is 2. The Balaban J connectivity index is 0.000000158. The molecular formula is C56H58BClF4N6O14S2. The van der Waals surface area contributed by atoms with Crippen molar-refractivity contribution < 1.29 is 72.2 Å². The van der Waals surface area contributed by atoms with E-state index in [1.165, 1.54) is 45.5 Å². The van der Waals surface area contributed by atoms with Gasteiger partial charge in [0.2, 0.25) is 17.4 Å². The van der Waals surface area contributed by atoms with Gasteiger partial charge in [0, 0.05) is 55.7 Å². The number of alkyl halides is 4. The molecule has 2 N–H and O–H groups in total. The molecule has 0 unspecified atom stereocenters. The molecule has 11 rings (SSSR count). The van der Waals surface area contributed by atoms with Crippen LogP contribution in [0, 0.1) is 13.8 Å². The highest BCUT2D eigenvalue weighted by molar-refractivity contribution is 7.90. The second-order valence-electron chi connectivity index (χ2n) is 22.2. The third kappa shape index (κ3) is 13.8. The zero-order valence-corrected chi connectivity index (χ0v) is 49.1. The Labute approximate surface area is 485 Å². The lowest BCUT2D eigenvalue weighted by Gasteiger charge is -2.32. The maximum absolute atomic E-state index is 13.4. The molecule has 446 valence electrons. The number of benzene rings is 2. The molecule has 6 aromatic rings. The number of hydrogen-bond acceptors (Lipinski definition) is 16. The lowest BCUT2D eigenvalue weighted by molar-refractivity contribution is -0.287. The van der Waals surface area contributed by atoms with Crippen molar-refractivity contribution in [2.45, 2.75) is 115 Å². The molecule has 0 atom stereocenters. The van der Waals surface area contributed by atoms with Crippen molar-refractivity contribution in [3.05, 3.63) is 145 Å². The Morgan fingerprint density at radius 3 is 1.48 bits per heavy atom. The van der Waals surface area contributed by atoms with Gasteiger partial charge >= 0.3 is 19.7 Å². The van der Waals surface area contributed by atoms with Gasteiger partial charge in [0.1, 0.15) is 36.5 Å². The summed E-state index contributed by atoms with van der Waals surface area (Å²) in [6.07, 6.45) is 0.245. The van der Waals surface area contributed by atoms with E-state index in [4.69, 9.17) is 20.9 Å². The summed E-state index contributed by atoms with van der Waals surface area (Å²) in [5.74, 6) is -0.564. The number of anilines is 2. The first-order chi connectivity index (χ1) is 39.1. The molecule has 84 heavy (non-hydrogen) atoms. The van der Waals surface area contributed by atoms with Crippen LogP contribution in [-0.2, 0) is 62.5 Å². The van der Waals surface area contributed by atoms with Crippen LogP contribution in [0.3, 0.4) is 0 Å². The molecule has 20 nitrogen and oxygen atoms in total. The molecule has 0 bridgehead atoms. The van der Waals surface area contributed by atoms with Crippen LogP contribution in [0.15, 0.2) is 107 Å². The van der Waals surface area contributed by atoms with Crippen LogP contribution in [0.1, 0.15) is 75.6 Å². The fourth-order valence-corrected chi connectivity index (χ4v) is 10.4. The molecule has 3 aliphatic heterocycles. The van der Waals surface area contributed by atoms with E-state index in [-0.39, 0.29) is 76.3 Å². The van der Waals surface area contributed by atoms with E-state index in [2.05, 4.69) is 39.5 Å². The minimum absolute atomic E-state index is 0.00493. The van der Waals surface area contributed by atoms with Crippen LogP contribution in [0.2, 0.25) is 5.15 Å². The molecule has 2 saturated carbocycles. The van der Waals surface area contributed by atoms with E-state index >= 15 is 0 Å². The summed E-state index contributed by atoms with van der Waals surface area (Å²) in [7, 11) is -6.96. The van der Waals surface area contributed by atoms with E-state index in [1.54, 1.807) is 60.9 Å². The summed E-state index contributed by atoms with van der Waals surface area (Å²) >= 11 is 5.97. The molecule has 2 amide bonds. The number of rotatable bonds is 14. The van der Waals surface area contributed by atoms with Crippen LogP contribution in [-0.4, -0.2) is 103 Å². The van der Waals surface area contributed by atoms with E-state index in [0.29, 0.717) is 64.5 Å². The maximum atomic E-state index is 13.4. The average molecular weight is 1230 g/mol. The van der Waals surface area contributed by atoms with Gasteiger partial charge in [-0.15, -0.1) is 17.6 Å². The summed E-state index contributed by atoms with van der Waals surface area (Å²) in [6, 6.07) is 21.6. The highest BCUT2D eigenvalue weighted by Gasteiger charge is 2.55. The van der Waals surface area contributed by atoms with Gasteiger partial charge in [-0.2, -0.15) is 0 Å². The summed E-state index contributed by atoms with van der Waals surface area (Å²) in [5, 5.41) is 5.87. The Morgan fingerprint density at radius 1 is 0.595 bits per heavy atom. The quantitative estimate of drug-likeness (QED) is 0.0609. The molecule has 2 aliphatic carbocycles. The number of carbonyl (C=O) groups is 2. The summed E-state index contributed by atoms with van der Waals surface area (Å²) < 4.78 is 131. The minimum atomic E-state index is -3.74. The molecule has 7 heterocycles. The zero-order valence-electron chi connectivity index (χ0n) is 46.7. The normalized spacial score (nSPS) is 18.3. The van der Waals surface area contributed by atoms with Crippen molar-refractivity contribution in [3.8, 4) is 34.3 Å². The molecule has 5 aliphatic rings. The fraction of sp³-hybridized carbons (Fsp3) is 0.393. The second-order valence-corrected chi connectivity index (χ2v) is 27.1. The maximum Gasteiger partial charge on any atom is 0.586 e. The summed E-state index contributed by atoms with van der Waals surface area (Å²) in [5.41, 5.74) is 1.32. The van der Waals surface area contributed by atoms with E-state index in [9.17, 15) is 53.6 Å². The molecule has 0 spiro atoms. The number of carbonyl (C=O) groups excluding carboxylic acids is 2. The number of aryl methyl sites for hydroxylation is 4. The van der Waals surface area contributed by atoms with Gasteiger partial charge in [-0.05, 0) is 137 Å². The second kappa shape index (κ2) is 22.3. The van der Waals surface area contributed by atoms with Crippen molar-refractivity contribution in [2.24, 2.45) is 0 Å². The third-order valence-electron chi connectivity index (χ3n) is 15.1. The van der Waals surface area contributed by atoms with Crippen molar-refractivity contribution in [1.29, 1.82) is 0 Å². The summed E-state index contributed by atoms with van der Waals surface area (Å²) in [4.78, 5) is 58.7. The molecule has 2 aromatic carbocycles. The van der Waals surface area contributed by atoms with Crippen LogP contribution in [0.25, 0.3) is 11.3 Å². The van der Waals surface area contributed by atoms with Gasteiger partial charge in [0.25, 0.3) is 5.56 Å². The Hall–Kier alpha value is -7.33. The van der Waals surface area contributed by atoms with Crippen LogP contribution in [0.5, 0.6) is 23.0 Å². The minimum Gasteiger partial charge on any atom is -0.399 e. The monoisotopic (exact) mass is 1220 g/mol. The smallest absolute Gasteiger partial charge is 0.399 e. The molecule has 3 fully saturated rings. The molecule has 0 radical (unpaired) electrons. The molecule has 1 saturated heterocycles. The number of amides is 2. The van der Waals surface area contributed by atoms with E-state index in [0.717, 1.165) is 23.6 Å². The molecule has 4 aromatic heterocycles. The van der Waals surface area contributed by atoms with Crippen LogP contribution < -0.4 is 46.2 Å². The highest BCUT2D eigenvalue weighted by Crippen LogP contribution is 2.54. The van der Waals surface area contributed by atoms with Crippen molar-refractivity contribution >= 4 is 67.3 Å². The van der Waals surface area contributed by atoms with Gasteiger partial charge in [0.15, 0.2) is 23.0 Å². The zero-order chi connectivity index (χ0) is 61.2. The van der Waals surface area contributed by atoms with Gasteiger partial charge in [-0.1, -0.05) is 41.9 Å². The van der Waals surface area contributed by atoms with Gasteiger partial charge in [-0.3, -0.25) is 19.2 Å². The predicted octanol–water partition coefficient (Wildman–Crippen LogP) is 7.48. The number of ether oxygens (including phenoxy) is 4. The first-order valence-corrected chi connectivity index (χ1v) is 30.7. The lowest BCUT2D eigenvalue weighted by Crippen LogP contribution is -2.41. The standard InChI is InChI=1S/C25H23F2N3O6S.C17H13ClF2N2O3.C14H22BNO5S/c1-15-3-7-20(28-22(15)16-4-8-21(31)30(14-16)11-12-37(2,33)34)29-23(32)24(9-10-24)17-5-6-18-19(13-17)36-25(26,27)35-18;1-9-2-5-13(21-14(9)18)22-15(23)16(6-7-16)10-3-4-11-12(8-10)25-17(19,20)24-11;1-13(2)14(3,4)21-15(20-13)11-6-7-12(17)16(10-11)8-9-22(5,18)19/h3-8,13-14H,9-12H2,1-2H3,(H,28,29,32);2-5,8H,6-7H2,1H3,(H,21,22,23);6-7,10H,8-9H2,1-5H3. The van der Waals surface area contributed by atoms with Crippen molar-refractivity contribution in [2.75, 3.05) is 34.7 Å². The number of fused-ring (bicyclic) bond motifs is 2. The van der Waals surface area contributed by atoms with Gasteiger partial charge < -0.3 is 48.0 Å². The number of aromatic nitrogens is 4. The number of nitrogens with zero attached hydrogens (tertiary/aromatic N) is 4. The molecular weight excluding hydrogens is 1170 g/mol. The topological polar surface area (TPSA) is 252 Å². The molecule has 28 heteroatoms. The number of halogens is 5. The van der Waals surface area contributed by atoms with Crippen LogP contribution >= 0.6 is 11.6 Å². The number of nitrogens with one attached hydrogen (secondary N) is 2. The van der Waals surface area contributed by atoms with E-state index in [1.807, 2.05) is 41.5 Å². The SMILES string of the molecule is CC1(C)OB(c2ccc(=O)n(CCS(C)(=O)=O)c2)OC1(C)C.Cc1ccc(NC(=O)C2(c3ccc4c(c3)OC(F)(F)O4)CC2)nc1-c1ccc(=O)n(CCS(C)(=O)=O)c1.Cc1ccc(NC(=O)C2(c3ccc4c(c3)OC(F)(F)O4)CC2)nc1Cl. The largest absolute Gasteiger partial charge is 0.586 e. The Kier molecular flexibility index (Phi) is 16.2. The summed E-state index contributed by atoms with van der Waals surface area (Å²) in [6.45, 7) is 11.6. The Morgan fingerprint density at radius 2 is 1.02 bits per heavy atom. The number of pyridine rings is 4. The highest BCUT2D eigenvalue weighted by atomic mass is 35.5. The number of hydrogen-bond donors (Lipinski definition) is 2. The van der Waals surface area contributed by atoms with E-state index < -0.39 is 61.4 Å². The van der Waals surface area contributed by atoms with Crippen molar-refractivity contribution in [1.82, 2.24) is 19.1 Å². The van der Waals surface area contributed by atoms with Gasteiger partial charge in [-0.25, -0.2) is 26.8 Å². The first-order valence-electron chi connectivity index (χ1n) is 26.2. The average Bonchev–Trinajstić information content (AvgIpc) is 1.86. The van der Waals surface area contributed by atoms with Gasteiger partial charge in [0.05, 0.1) is 39.2 Å². The fourth-order valence-electron chi connectivity index (χ4n) is 9.19. The predicted molar refractivity (Wildman–Crippen MR) is 303 cm³/mol. The lowest BCUT2D eigenvalue weighted by atomic mass is 9.80.